The molecule has 1 atom stereocenters. The lowest BCUT2D eigenvalue weighted by Crippen LogP contribution is -2.44. The van der Waals surface area contributed by atoms with E-state index in [2.05, 4.69) is 4.90 Å². The van der Waals surface area contributed by atoms with Gasteiger partial charge in [0.15, 0.2) is 5.60 Å². The summed E-state index contributed by atoms with van der Waals surface area (Å²) in [6.07, 6.45) is 0. The number of carbonyl (C=O) groups excluding carboxylic acids is 2. The van der Waals surface area contributed by atoms with Crippen LogP contribution in [0.2, 0.25) is 10.0 Å². The van der Waals surface area contributed by atoms with E-state index >= 15 is 0 Å². The molecule has 162 valence electrons. The minimum Gasteiger partial charge on any atom is -0.372 e. The van der Waals surface area contributed by atoms with Gasteiger partial charge in [-0.25, -0.2) is 0 Å². The van der Waals surface area contributed by atoms with Gasteiger partial charge in [-0.1, -0.05) is 55.2 Å². The lowest BCUT2D eigenvalue weighted by Gasteiger charge is -2.26. The third-order valence-electron chi connectivity index (χ3n) is 5.36. The number of nitrogens with zero attached hydrogens (tertiary/aromatic N) is 2. The van der Waals surface area contributed by atoms with E-state index in [-0.39, 0.29) is 39.1 Å². The normalized spacial score (nSPS) is 17.8. The largest absolute Gasteiger partial charge is 0.372 e. The van der Waals surface area contributed by atoms with Crippen LogP contribution in [-0.4, -0.2) is 48.0 Å². The van der Waals surface area contributed by atoms with Crippen LogP contribution in [0.3, 0.4) is 0 Å². The second kappa shape index (κ2) is 9.54. The number of hydrogen-bond donors (Lipinski definition) is 2. The second-order valence-corrected chi connectivity index (χ2v) is 7.70. The Morgan fingerprint density at radius 1 is 1.17 bits per heavy atom. The average molecular weight is 473 g/mol. The van der Waals surface area contributed by atoms with Crippen molar-refractivity contribution in [1.82, 2.24) is 4.90 Å². The molecule has 0 radical (unpaired) electrons. The molecule has 2 aromatic carbocycles. The van der Waals surface area contributed by atoms with E-state index in [4.69, 9.17) is 28.9 Å². The van der Waals surface area contributed by atoms with Gasteiger partial charge in [0.1, 0.15) is 0 Å². The van der Waals surface area contributed by atoms with Crippen LogP contribution in [0.15, 0.2) is 36.4 Å². The number of nitrogens with two attached hydrogens (primary N) is 1. The highest BCUT2D eigenvalue weighted by molar-refractivity contribution is 6.35. The molecule has 1 aliphatic heterocycles. The van der Waals surface area contributed by atoms with Crippen LogP contribution in [0.5, 0.6) is 0 Å². The Balaban J connectivity index is 0.00000320. The maximum absolute atomic E-state index is 13.5. The molecule has 0 aromatic heterocycles. The van der Waals surface area contributed by atoms with Crippen molar-refractivity contribution in [3.8, 4) is 0 Å². The fourth-order valence-corrected chi connectivity index (χ4v) is 4.35. The SMILES string of the molecule is CCN(CC)CCN1C(=O)C(O)(c2ccccc2Cl)c2c(Cl)cc(C(N)=O)cc21.Cl. The van der Waals surface area contributed by atoms with Crippen molar-refractivity contribution in [2.75, 3.05) is 31.1 Å². The van der Waals surface area contributed by atoms with Crippen LogP contribution < -0.4 is 10.6 Å². The molecule has 2 amide bonds. The fraction of sp³-hybridized carbons (Fsp3) is 0.333. The molecule has 9 heteroatoms. The summed E-state index contributed by atoms with van der Waals surface area (Å²) in [5.41, 5.74) is 4.36. The molecular weight excluding hydrogens is 449 g/mol. The number of fused-ring (bicyclic) bond motifs is 1. The number of anilines is 1. The molecule has 30 heavy (non-hydrogen) atoms. The number of benzene rings is 2. The zero-order valence-corrected chi connectivity index (χ0v) is 19.0. The first-order valence-electron chi connectivity index (χ1n) is 9.41. The molecule has 3 N–H and O–H groups in total. The second-order valence-electron chi connectivity index (χ2n) is 6.89. The van der Waals surface area contributed by atoms with Crippen LogP contribution in [-0.2, 0) is 10.4 Å². The van der Waals surface area contributed by atoms with Gasteiger partial charge in [0.05, 0.1) is 10.7 Å². The van der Waals surface area contributed by atoms with Crippen molar-refractivity contribution in [3.05, 3.63) is 63.1 Å². The summed E-state index contributed by atoms with van der Waals surface area (Å²) >= 11 is 12.8. The molecule has 0 saturated carbocycles. The number of halogens is 3. The fourth-order valence-electron chi connectivity index (χ4n) is 3.72. The molecule has 6 nitrogen and oxygen atoms in total. The van der Waals surface area contributed by atoms with E-state index in [9.17, 15) is 14.7 Å². The molecule has 3 rings (SSSR count). The number of rotatable bonds is 7. The van der Waals surface area contributed by atoms with Crippen molar-refractivity contribution < 1.29 is 14.7 Å². The van der Waals surface area contributed by atoms with Gasteiger partial charge in [-0.15, -0.1) is 12.4 Å². The van der Waals surface area contributed by atoms with Crippen LogP contribution in [0, 0.1) is 0 Å². The first-order valence-corrected chi connectivity index (χ1v) is 10.2. The van der Waals surface area contributed by atoms with E-state index in [1.165, 1.54) is 17.0 Å². The van der Waals surface area contributed by atoms with Crippen molar-refractivity contribution in [2.24, 2.45) is 5.73 Å². The van der Waals surface area contributed by atoms with Gasteiger partial charge in [0.2, 0.25) is 5.91 Å². The number of hydrogen-bond acceptors (Lipinski definition) is 4. The summed E-state index contributed by atoms with van der Waals surface area (Å²) < 4.78 is 0. The standard InChI is InChI=1S/C21H23Cl2N3O3.ClH/c1-3-25(4-2)9-10-26-17-12-13(19(24)27)11-16(23)18(17)21(29,20(26)28)14-7-5-6-8-15(14)22;/h5-8,11-12,29H,3-4,9-10H2,1-2H3,(H2,24,27);1H. The van der Waals surface area contributed by atoms with E-state index in [0.717, 1.165) is 13.1 Å². The summed E-state index contributed by atoms with van der Waals surface area (Å²) in [5, 5.41) is 12.0. The first kappa shape index (κ1) is 24.4. The minimum absolute atomic E-state index is 0. The summed E-state index contributed by atoms with van der Waals surface area (Å²) in [5.74, 6) is -1.23. The van der Waals surface area contributed by atoms with Gasteiger partial charge < -0.3 is 20.6 Å². The predicted octanol–water partition coefficient (Wildman–Crippen LogP) is 3.44. The van der Waals surface area contributed by atoms with Crippen molar-refractivity contribution in [1.29, 1.82) is 0 Å². The van der Waals surface area contributed by atoms with Crippen LogP contribution in [0.1, 0.15) is 35.3 Å². The molecule has 0 saturated heterocycles. The highest BCUT2D eigenvalue weighted by atomic mass is 35.5. The van der Waals surface area contributed by atoms with Gasteiger partial charge in [0, 0.05) is 34.8 Å². The third-order valence-corrected chi connectivity index (χ3v) is 5.99. The molecule has 0 bridgehead atoms. The Labute approximate surface area is 192 Å². The first-order chi connectivity index (χ1) is 13.7. The predicted molar refractivity (Wildman–Crippen MR) is 122 cm³/mol. The van der Waals surface area contributed by atoms with Gasteiger partial charge >= 0.3 is 0 Å². The molecular formula is C21H24Cl3N3O3. The van der Waals surface area contributed by atoms with Crippen molar-refractivity contribution in [3.63, 3.8) is 0 Å². The number of amides is 2. The molecule has 1 aliphatic rings. The Bertz CT molecular complexity index is 966. The van der Waals surface area contributed by atoms with Crippen molar-refractivity contribution in [2.45, 2.75) is 19.4 Å². The minimum atomic E-state index is -2.05. The number of likely N-dealkylation sites (N-methyl/N-ethyl adjacent to an activating group) is 1. The monoisotopic (exact) mass is 471 g/mol. The van der Waals surface area contributed by atoms with Crippen LogP contribution in [0.25, 0.3) is 0 Å². The van der Waals surface area contributed by atoms with Gasteiger partial charge in [-0.05, 0) is 31.3 Å². The Hall–Kier alpha value is -1.83. The summed E-state index contributed by atoms with van der Waals surface area (Å²) in [6.45, 7) is 6.62. The molecule has 2 aromatic rings. The smallest absolute Gasteiger partial charge is 0.268 e. The maximum atomic E-state index is 13.5. The zero-order chi connectivity index (χ0) is 21.3. The van der Waals surface area contributed by atoms with Crippen LogP contribution >= 0.6 is 35.6 Å². The summed E-state index contributed by atoms with van der Waals surface area (Å²) in [7, 11) is 0. The van der Waals surface area contributed by atoms with Crippen molar-refractivity contribution >= 4 is 53.1 Å². The van der Waals surface area contributed by atoms with Crippen LogP contribution in [0.4, 0.5) is 5.69 Å². The van der Waals surface area contributed by atoms with E-state index < -0.39 is 17.4 Å². The topological polar surface area (TPSA) is 86.9 Å². The molecule has 0 aliphatic carbocycles. The number of aliphatic hydroxyl groups is 1. The van der Waals surface area contributed by atoms with Gasteiger partial charge in [-0.3, -0.25) is 9.59 Å². The molecule has 1 unspecified atom stereocenters. The zero-order valence-electron chi connectivity index (χ0n) is 16.7. The van der Waals surface area contributed by atoms with E-state index in [1.54, 1.807) is 24.3 Å². The third kappa shape index (κ3) is 4.03. The number of carbonyl (C=O) groups is 2. The van der Waals surface area contributed by atoms with E-state index in [1.807, 2.05) is 13.8 Å². The van der Waals surface area contributed by atoms with E-state index in [0.29, 0.717) is 18.8 Å². The highest BCUT2D eigenvalue weighted by Gasteiger charge is 2.53. The molecule has 1 heterocycles. The van der Waals surface area contributed by atoms with Gasteiger partial charge in [0.25, 0.3) is 5.91 Å². The quantitative estimate of drug-likeness (QED) is 0.646. The highest BCUT2D eigenvalue weighted by Crippen LogP contribution is 2.49. The summed E-state index contributed by atoms with van der Waals surface area (Å²) in [6, 6.07) is 9.47. The lowest BCUT2D eigenvalue weighted by atomic mass is 9.87. The maximum Gasteiger partial charge on any atom is 0.268 e. The number of primary amides is 1. The average Bonchev–Trinajstić information content (AvgIpc) is 2.91. The Morgan fingerprint density at radius 3 is 2.37 bits per heavy atom. The molecule has 0 fully saturated rings. The summed E-state index contributed by atoms with van der Waals surface area (Å²) in [4.78, 5) is 28.8. The Morgan fingerprint density at radius 2 is 1.80 bits per heavy atom. The lowest BCUT2D eigenvalue weighted by molar-refractivity contribution is -0.132. The van der Waals surface area contributed by atoms with Gasteiger partial charge in [-0.2, -0.15) is 0 Å². The molecule has 0 spiro atoms. The Kier molecular flexibility index (Phi) is 7.77.